The highest BCUT2D eigenvalue weighted by Gasteiger charge is 2.23. The van der Waals surface area contributed by atoms with Crippen molar-refractivity contribution in [2.75, 3.05) is 47.1 Å². The van der Waals surface area contributed by atoms with Crippen molar-refractivity contribution < 1.29 is 13.9 Å². The SMILES string of the molecule is COCCN(CCOC)C(CN)c1cc(Br)c(Br)o1. The monoisotopic (exact) mass is 398 g/mol. The standard InChI is InChI=1S/C12H20Br2N2O3/c1-17-5-3-16(4-6-18-2)10(8-15)11-7-9(13)12(14)19-11/h7,10H,3-6,8,15H2,1-2H3. The summed E-state index contributed by atoms with van der Waals surface area (Å²) in [6.07, 6.45) is 0. The van der Waals surface area contributed by atoms with Crippen LogP contribution in [0.25, 0.3) is 0 Å². The van der Waals surface area contributed by atoms with E-state index in [2.05, 4.69) is 36.8 Å². The predicted octanol–water partition coefficient (Wildman–Crippen LogP) is 2.40. The summed E-state index contributed by atoms with van der Waals surface area (Å²) >= 11 is 6.76. The molecular weight excluding hydrogens is 380 g/mol. The van der Waals surface area contributed by atoms with Crippen molar-refractivity contribution in [1.29, 1.82) is 0 Å². The van der Waals surface area contributed by atoms with Gasteiger partial charge in [0.05, 0.1) is 23.7 Å². The van der Waals surface area contributed by atoms with E-state index in [9.17, 15) is 0 Å². The normalized spacial score (nSPS) is 13.2. The molecule has 19 heavy (non-hydrogen) atoms. The van der Waals surface area contributed by atoms with Gasteiger partial charge in [-0.05, 0) is 37.9 Å². The van der Waals surface area contributed by atoms with Gasteiger partial charge in [0.1, 0.15) is 5.76 Å². The van der Waals surface area contributed by atoms with Gasteiger partial charge in [-0.1, -0.05) is 0 Å². The fourth-order valence-corrected chi connectivity index (χ4v) is 2.42. The first-order valence-corrected chi connectivity index (χ1v) is 7.59. The van der Waals surface area contributed by atoms with E-state index >= 15 is 0 Å². The highest BCUT2D eigenvalue weighted by atomic mass is 79.9. The lowest BCUT2D eigenvalue weighted by molar-refractivity contribution is 0.0820. The average molecular weight is 400 g/mol. The maximum absolute atomic E-state index is 5.89. The number of methoxy groups -OCH3 is 2. The van der Waals surface area contributed by atoms with E-state index in [1.807, 2.05) is 6.07 Å². The Balaban J connectivity index is 2.81. The Morgan fingerprint density at radius 1 is 1.26 bits per heavy atom. The molecule has 1 aromatic heterocycles. The fourth-order valence-electron chi connectivity index (χ4n) is 1.81. The number of nitrogens with zero attached hydrogens (tertiary/aromatic N) is 1. The smallest absolute Gasteiger partial charge is 0.183 e. The molecule has 2 N–H and O–H groups in total. The summed E-state index contributed by atoms with van der Waals surface area (Å²) in [5.74, 6) is 0.827. The van der Waals surface area contributed by atoms with Crippen molar-refractivity contribution in [3.8, 4) is 0 Å². The lowest BCUT2D eigenvalue weighted by atomic mass is 10.2. The van der Waals surface area contributed by atoms with Crippen LogP contribution in [0.5, 0.6) is 0 Å². The molecule has 1 rings (SSSR count). The molecule has 1 aromatic rings. The molecule has 0 fully saturated rings. The van der Waals surface area contributed by atoms with Crippen molar-refractivity contribution in [1.82, 2.24) is 4.90 Å². The first-order chi connectivity index (χ1) is 9.13. The van der Waals surface area contributed by atoms with Crippen LogP contribution in [-0.2, 0) is 9.47 Å². The summed E-state index contributed by atoms with van der Waals surface area (Å²) in [5.41, 5.74) is 5.89. The van der Waals surface area contributed by atoms with E-state index in [1.165, 1.54) is 0 Å². The van der Waals surface area contributed by atoms with Crippen molar-refractivity contribution in [2.24, 2.45) is 5.73 Å². The van der Waals surface area contributed by atoms with Gasteiger partial charge in [-0.25, -0.2) is 0 Å². The van der Waals surface area contributed by atoms with E-state index in [0.717, 1.165) is 23.3 Å². The second-order valence-electron chi connectivity index (χ2n) is 4.04. The molecule has 0 amide bonds. The minimum absolute atomic E-state index is 0.00731. The lowest BCUT2D eigenvalue weighted by Gasteiger charge is -2.28. The van der Waals surface area contributed by atoms with Crippen molar-refractivity contribution in [3.05, 3.63) is 21.0 Å². The van der Waals surface area contributed by atoms with Crippen LogP contribution in [0.15, 0.2) is 19.6 Å². The first kappa shape index (κ1) is 17.1. The van der Waals surface area contributed by atoms with E-state index in [1.54, 1.807) is 14.2 Å². The van der Waals surface area contributed by atoms with Crippen molar-refractivity contribution in [2.45, 2.75) is 6.04 Å². The van der Waals surface area contributed by atoms with Gasteiger partial charge in [0.15, 0.2) is 4.67 Å². The van der Waals surface area contributed by atoms with E-state index in [0.29, 0.717) is 24.4 Å². The minimum Gasteiger partial charge on any atom is -0.451 e. The Morgan fingerprint density at radius 2 is 1.84 bits per heavy atom. The number of rotatable bonds is 9. The van der Waals surface area contributed by atoms with Crippen LogP contribution in [0.3, 0.4) is 0 Å². The zero-order chi connectivity index (χ0) is 14.3. The first-order valence-electron chi connectivity index (χ1n) is 6.00. The van der Waals surface area contributed by atoms with E-state index in [-0.39, 0.29) is 6.04 Å². The number of nitrogens with two attached hydrogens (primary N) is 1. The Kier molecular flexibility index (Phi) is 8.20. The summed E-state index contributed by atoms with van der Waals surface area (Å²) in [7, 11) is 3.37. The fraction of sp³-hybridized carbons (Fsp3) is 0.667. The topological polar surface area (TPSA) is 60.9 Å². The molecule has 0 aliphatic rings. The molecule has 0 saturated carbocycles. The molecule has 5 nitrogen and oxygen atoms in total. The lowest BCUT2D eigenvalue weighted by Crippen LogP contribution is -2.38. The molecule has 0 aromatic carbocycles. The molecule has 1 atom stereocenters. The maximum Gasteiger partial charge on any atom is 0.183 e. The molecule has 0 aliphatic carbocycles. The van der Waals surface area contributed by atoms with Gasteiger partial charge in [-0.15, -0.1) is 0 Å². The summed E-state index contributed by atoms with van der Waals surface area (Å²) in [6, 6.07) is 1.95. The van der Waals surface area contributed by atoms with Crippen LogP contribution < -0.4 is 5.73 Å². The van der Waals surface area contributed by atoms with Crippen LogP contribution in [0.4, 0.5) is 0 Å². The molecule has 110 valence electrons. The summed E-state index contributed by atoms with van der Waals surface area (Å²) in [5, 5.41) is 0. The van der Waals surface area contributed by atoms with Crippen LogP contribution in [-0.4, -0.2) is 52.0 Å². The van der Waals surface area contributed by atoms with E-state index < -0.39 is 0 Å². The highest BCUT2D eigenvalue weighted by molar-refractivity contribution is 9.13. The Labute approximate surface area is 130 Å². The number of furan rings is 1. The molecule has 0 saturated heterocycles. The third-order valence-corrected chi connectivity index (χ3v) is 4.53. The second-order valence-corrected chi connectivity index (χ2v) is 5.62. The molecule has 0 aliphatic heterocycles. The van der Waals surface area contributed by atoms with Crippen molar-refractivity contribution >= 4 is 31.9 Å². The van der Waals surface area contributed by atoms with Gasteiger partial charge in [-0.3, -0.25) is 4.90 Å². The summed E-state index contributed by atoms with van der Waals surface area (Å²) in [6.45, 7) is 3.31. The predicted molar refractivity (Wildman–Crippen MR) is 81.2 cm³/mol. The summed E-state index contributed by atoms with van der Waals surface area (Å²) < 4.78 is 17.5. The third-order valence-electron chi connectivity index (χ3n) is 2.82. The van der Waals surface area contributed by atoms with Gasteiger partial charge in [0.2, 0.25) is 0 Å². The number of ether oxygens (including phenoxy) is 2. The van der Waals surface area contributed by atoms with E-state index in [4.69, 9.17) is 19.6 Å². The molecule has 1 unspecified atom stereocenters. The summed E-state index contributed by atoms with van der Waals surface area (Å²) in [4.78, 5) is 2.20. The molecule has 0 bridgehead atoms. The maximum atomic E-state index is 5.89. The van der Waals surface area contributed by atoms with Gasteiger partial charge in [0.25, 0.3) is 0 Å². The third kappa shape index (κ3) is 5.17. The highest BCUT2D eigenvalue weighted by Crippen LogP contribution is 2.31. The number of hydrogen-bond acceptors (Lipinski definition) is 5. The number of halogens is 2. The van der Waals surface area contributed by atoms with Crippen molar-refractivity contribution in [3.63, 3.8) is 0 Å². The Hall–Kier alpha value is 0.0800. The van der Waals surface area contributed by atoms with Gasteiger partial charge in [-0.2, -0.15) is 0 Å². The van der Waals surface area contributed by atoms with Crippen LogP contribution in [0, 0.1) is 0 Å². The zero-order valence-corrected chi connectivity index (χ0v) is 14.4. The number of hydrogen-bond donors (Lipinski definition) is 1. The molecule has 0 spiro atoms. The van der Waals surface area contributed by atoms with Crippen LogP contribution in [0.2, 0.25) is 0 Å². The van der Waals surface area contributed by atoms with Gasteiger partial charge >= 0.3 is 0 Å². The minimum atomic E-state index is 0.00731. The second kappa shape index (κ2) is 9.10. The Morgan fingerprint density at radius 3 is 2.21 bits per heavy atom. The molecule has 1 heterocycles. The quantitative estimate of drug-likeness (QED) is 0.690. The molecule has 0 radical (unpaired) electrons. The Bertz CT molecular complexity index is 346. The molecule has 7 heteroatoms. The van der Waals surface area contributed by atoms with Crippen LogP contribution in [0.1, 0.15) is 11.8 Å². The van der Waals surface area contributed by atoms with Gasteiger partial charge < -0.3 is 19.6 Å². The largest absolute Gasteiger partial charge is 0.451 e. The zero-order valence-electron chi connectivity index (χ0n) is 11.2. The average Bonchev–Trinajstić information content (AvgIpc) is 2.72. The van der Waals surface area contributed by atoms with Gasteiger partial charge in [0, 0.05) is 33.9 Å². The molecular formula is C12H20Br2N2O3. The van der Waals surface area contributed by atoms with Crippen LogP contribution >= 0.6 is 31.9 Å².